The summed E-state index contributed by atoms with van der Waals surface area (Å²) >= 11 is 0. The number of fused-ring (bicyclic) bond motifs is 1. The first kappa shape index (κ1) is 13.8. The van der Waals surface area contributed by atoms with Crippen LogP contribution < -0.4 is 0 Å². The van der Waals surface area contributed by atoms with Gasteiger partial charge in [0.1, 0.15) is 0 Å². The molecule has 4 nitrogen and oxygen atoms in total. The fourth-order valence-electron chi connectivity index (χ4n) is 2.47. The van der Waals surface area contributed by atoms with Gasteiger partial charge in [-0.2, -0.15) is 4.98 Å². The van der Waals surface area contributed by atoms with E-state index in [1.54, 1.807) is 0 Å². The molecule has 1 heterocycles. The van der Waals surface area contributed by atoms with Crippen molar-refractivity contribution >= 4 is 10.8 Å². The molecule has 3 rings (SSSR count). The van der Waals surface area contributed by atoms with Crippen molar-refractivity contribution in [2.75, 3.05) is 0 Å². The summed E-state index contributed by atoms with van der Waals surface area (Å²) in [5.74, 6) is 0.885. The second kappa shape index (κ2) is 5.66. The molecule has 0 aliphatic heterocycles. The lowest BCUT2D eigenvalue weighted by atomic mass is 10.0. The smallest absolute Gasteiger partial charge is 0.232 e. The molecule has 0 bridgehead atoms. The standard InChI is InChI=1S/C17H18N2O2/c1-3-15(20)11(2)17-18-16(19-21-17)14-10-6-8-12-7-4-5-9-13(12)14/h4-11,15,20H,3H2,1-2H3. The minimum Gasteiger partial charge on any atom is -0.392 e. The summed E-state index contributed by atoms with van der Waals surface area (Å²) in [7, 11) is 0. The molecule has 1 N–H and O–H groups in total. The Morgan fingerprint density at radius 2 is 1.90 bits per heavy atom. The molecule has 2 unspecified atom stereocenters. The van der Waals surface area contributed by atoms with Crippen molar-refractivity contribution in [3.8, 4) is 11.4 Å². The van der Waals surface area contributed by atoms with Crippen LogP contribution in [0.25, 0.3) is 22.2 Å². The highest BCUT2D eigenvalue weighted by atomic mass is 16.5. The quantitative estimate of drug-likeness (QED) is 0.791. The van der Waals surface area contributed by atoms with Gasteiger partial charge in [0.05, 0.1) is 12.0 Å². The van der Waals surface area contributed by atoms with Gasteiger partial charge in [0.2, 0.25) is 11.7 Å². The van der Waals surface area contributed by atoms with Gasteiger partial charge >= 0.3 is 0 Å². The van der Waals surface area contributed by atoms with Crippen LogP contribution >= 0.6 is 0 Å². The third-order valence-corrected chi connectivity index (χ3v) is 3.86. The molecule has 0 radical (unpaired) electrons. The maximum absolute atomic E-state index is 9.90. The largest absolute Gasteiger partial charge is 0.392 e. The molecule has 4 heteroatoms. The van der Waals surface area contributed by atoms with Gasteiger partial charge in [-0.1, -0.05) is 61.5 Å². The molecule has 21 heavy (non-hydrogen) atoms. The molecule has 0 aliphatic carbocycles. The second-order valence-corrected chi connectivity index (χ2v) is 5.25. The van der Waals surface area contributed by atoms with Crippen LogP contribution in [0.4, 0.5) is 0 Å². The number of hydrogen-bond acceptors (Lipinski definition) is 4. The van der Waals surface area contributed by atoms with Crippen LogP contribution in [0.5, 0.6) is 0 Å². The second-order valence-electron chi connectivity index (χ2n) is 5.25. The highest BCUT2D eigenvalue weighted by molar-refractivity contribution is 5.94. The Hall–Kier alpha value is -2.20. The summed E-state index contributed by atoms with van der Waals surface area (Å²) in [4.78, 5) is 4.46. The zero-order valence-corrected chi connectivity index (χ0v) is 12.2. The molecule has 2 aromatic carbocycles. The predicted octanol–water partition coefficient (Wildman–Crippen LogP) is 3.76. The Labute approximate surface area is 123 Å². The average Bonchev–Trinajstić information content (AvgIpc) is 3.02. The lowest BCUT2D eigenvalue weighted by Gasteiger charge is -2.11. The lowest BCUT2D eigenvalue weighted by Crippen LogP contribution is -2.14. The van der Waals surface area contributed by atoms with E-state index in [1.807, 2.05) is 44.2 Å². The highest BCUT2D eigenvalue weighted by Crippen LogP contribution is 2.28. The molecule has 1 aromatic heterocycles. The number of hydrogen-bond donors (Lipinski definition) is 1. The molecule has 0 aliphatic rings. The molecule has 0 saturated carbocycles. The van der Waals surface area contributed by atoms with Gasteiger partial charge in [-0.3, -0.25) is 0 Å². The average molecular weight is 282 g/mol. The number of nitrogens with zero attached hydrogens (tertiary/aromatic N) is 2. The summed E-state index contributed by atoms with van der Waals surface area (Å²) in [5.41, 5.74) is 0.946. The van der Waals surface area contributed by atoms with E-state index in [0.29, 0.717) is 18.1 Å². The molecular formula is C17H18N2O2. The van der Waals surface area contributed by atoms with Gasteiger partial charge in [0.25, 0.3) is 0 Å². The van der Waals surface area contributed by atoms with E-state index in [2.05, 4.69) is 22.3 Å². The van der Waals surface area contributed by atoms with Crippen molar-refractivity contribution in [2.24, 2.45) is 0 Å². The van der Waals surface area contributed by atoms with Crippen molar-refractivity contribution in [1.29, 1.82) is 0 Å². The highest BCUT2D eigenvalue weighted by Gasteiger charge is 2.21. The van der Waals surface area contributed by atoms with Crippen molar-refractivity contribution in [3.05, 3.63) is 48.4 Å². The molecule has 2 atom stereocenters. The van der Waals surface area contributed by atoms with Crippen LogP contribution in [0.3, 0.4) is 0 Å². The molecule has 3 aromatic rings. The zero-order chi connectivity index (χ0) is 14.8. The number of aromatic nitrogens is 2. The van der Waals surface area contributed by atoms with Crippen LogP contribution in [-0.4, -0.2) is 21.4 Å². The van der Waals surface area contributed by atoms with Gasteiger partial charge < -0.3 is 9.63 Å². The first-order valence-electron chi connectivity index (χ1n) is 7.20. The summed E-state index contributed by atoms with van der Waals surface area (Å²) in [6, 6.07) is 14.1. The monoisotopic (exact) mass is 282 g/mol. The van der Waals surface area contributed by atoms with Gasteiger partial charge in [-0.05, 0) is 17.2 Å². The normalized spacial score (nSPS) is 14.2. The van der Waals surface area contributed by atoms with Crippen LogP contribution in [0.1, 0.15) is 32.1 Å². The van der Waals surface area contributed by atoms with Gasteiger partial charge in [0.15, 0.2) is 0 Å². The number of rotatable bonds is 4. The molecule has 0 spiro atoms. The minimum atomic E-state index is -0.467. The van der Waals surface area contributed by atoms with Crippen LogP contribution in [0, 0.1) is 0 Å². The minimum absolute atomic E-state index is 0.161. The van der Waals surface area contributed by atoms with Gasteiger partial charge in [-0.25, -0.2) is 0 Å². The Kier molecular flexibility index (Phi) is 3.71. The molecule has 0 amide bonds. The summed E-state index contributed by atoms with van der Waals surface area (Å²) < 4.78 is 5.33. The third-order valence-electron chi connectivity index (χ3n) is 3.86. The first-order valence-corrected chi connectivity index (χ1v) is 7.20. The Bertz CT molecular complexity index is 746. The molecular weight excluding hydrogens is 264 g/mol. The Morgan fingerprint density at radius 3 is 2.71 bits per heavy atom. The van der Waals surface area contributed by atoms with Crippen LogP contribution in [-0.2, 0) is 0 Å². The van der Waals surface area contributed by atoms with E-state index in [4.69, 9.17) is 4.52 Å². The van der Waals surface area contributed by atoms with Crippen molar-refractivity contribution in [2.45, 2.75) is 32.3 Å². The zero-order valence-electron chi connectivity index (χ0n) is 12.2. The fourth-order valence-corrected chi connectivity index (χ4v) is 2.47. The maximum Gasteiger partial charge on any atom is 0.232 e. The number of benzene rings is 2. The Balaban J connectivity index is 2.02. The predicted molar refractivity (Wildman–Crippen MR) is 82.0 cm³/mol. The summed E-state index contributed by atoms with van der Waals surface area (Å²) in [6.07, 6.45) is 0.193. The van der Waals surface area contributed by atoms with E-state index in [0.717, 1.165) is 16.3 Å². The van der Waals surface area contributed by atoms with Crippen molar-refractivity contribution in [1.82, 2.24) is 10.1 Å². The van der Waals surface area contributed by atoms with Crippen molar-refractivity contribution < 1.29 is 9.63 Å². The van der Waals surface area contributed by atoms with E-state index in [-0.39, 0.29) is 5.92 Å². The third kappa shape index (κ3) is 2.54. The molecule has 108 valence electrons. The van der Waals surface area contributed by atoms with Gasteiger partial charge in [0, 0.05) is 5.56 Å². The number of aliphatic hydroxyl groups excluding tert-OH is 1. The summed E-state index contributed by atoms with van der Waals surface area (Å²) in [6.45, 7) is 3.83. The fraction of sp³-hybridized carbons (Fsp3) is 0.294. The summed E-state index contributed by atoms with van der Waals surface area (Å²) in [5, 5.41) is 16.2. The van der Waals surface area contributed by atoms with Gasteiger partial charge in [-0.15, -0.1) is 0 Å². The van der Waals surface area contributed by atoms with Crippen molar-refractivity contribution in [3.63, 3.8) is 0 Å². The Morgan fingerprint density at radius 1 is 1.14 bits per heavy atom. The van der Waals surface area contributed by atoms with E-state index >= 15 is 0 Å². The number of aliphatic hydroxyl groups is 1. The van der Waals surface area contributed by atoms with E-state index < -0.39 is 6.10 Å². The maximum atomic E-state index is 9.90. The van der Waals surface area contributed by atoms with E-state index in [1.165, 1.54) is 0 Å². The SMILES string of the molecule is CCC(O)C(C)c1nc(-c2cccc3ccccc23)no1. The molecule has 0 fully saturated rings. The lowest BCUT2D eigenvalue weighted by molar-refractivity contribution is 0.129. The first-order chi connectivity index (χ1) is 10.2. The molecule has 0 saturated heterocycles. The van der Waals surface area contributed by atoms with Crippen LogP contribution in [0.2, 0.25) is 0 Å². The van der Waals surface area contributed by atoms with Crippen LogP contribution in [0.15, 0.2) is 47.0 Å². The topological polar surface area (TPSA) is 59.2 Å². The van der Waals surface area contributed by atoms with E-state index in [9.17, 15) is 5.11 Å².